The fourth-order valence-corrected chi connectivity index (χ4v) is 4.13. The summed E-state index contributed by atoms with van der Waals surface area (Å²) in [5.41, 5.74) is -0.130. The molecule has 1 amide bonds. The van der Waals surface area contributed by atoms with Crippen molar-refractivity contribution in [2.45, 2.75) is 31.3 Å². The van der Waals surface area contributed by atoms with Crippen molar-refractivity contribution in [1.29, 1.82) is 0 Å². The Hall–Kier alpha value is -1.73. The molecule has 0 radical (unpaired) electrons. The Bertz CT molecular complexity index is 619. The number of aromatic nitrogens is 2. The van der Waals surface area contributed by atoms with Crippen molar-refractivity contribution in [2.75, 3.05) is 44.2 Å². The minimum atomic E-state index is -0.557. The second-order valence-electron chi connectivity index (χ2n) is 7.21. The zero-order chi connectivity index (χ0) is 16.6. The highest BCUT2D eigenvalue weighted by Crippen LogP contribution is 2.34. The molecule has 4 rings (SSSR count). The summed E-state index contributed by atoms with van der Waals surface area (Å²) in [6.07, 6.45) is 6.97. The van der Waals surface area contributed by atoms with Gasteiger partial charge in [0.1, 0.15) is 11.5 Å². The first-order valence-corrected chi connectivity index (χ1v) is 8.95. The van der Waals surface area contributed by atoms with E-state index in [0.717, 1.165) is 70.8 Å². The zero-order valence-electron chi connectivity index (χ0n) is 13.9. The number of carbonyl (C=O) groups is 1. The van der Waals surface area contributed by atoms with Gasteiger partial charge in [0.25, 0.3) is 5.91 Å². The van der Waals surface area contributed by atoms with Crippen LogP contribution in [0.25, 0.3) is 0 Å². The molecule has 4 heterocycles. The van der Waals surface area contributed by atoms with E-state index >= 15 is 0 Å². The third-order valence-electron chi connectivity index (χ3n) is 5.70. The van der Waals surface area contributed by atoms with Crippen molar-refractivity contribution in [2.24, 2.45) is 5.92 Å². The molecule has 0 spiro atoms. The summed E-state index contributed by atoms with van der Waals surface area (Å²) >= 11 is 0. The lowest BCUT2D eigenvalue weighted by atomic mass is 9.76. The minimum Gasteiger partial charge on any atom is -0.389 e. The number of hydrogen-bond acceptors (Lipinski definition) is 6. The van der Waals surface area contributed by atoms with E-state index in [4.69, 9.17) is 0 Å². The molecule has 1 aromatic rings. The van der Waals surface area contributed by atoms with Gasteiger partial charge in [0.05, 0.1) is 18.0 Å². The average molecular weight is 331 g/mol. The number of fused-ring (bicyclic) bond motifs is 1. The molecule has 0 bridgehead atoms. The third kappa shape index (κ3) is 2.86. The Morgan fingerprint density at radius 1 is 1.25 bits per heavy atom. The van der Waals surface area contributed by atoms with Gasteiger partial charge < -0.3 is 20.2 Å². The maximum atomic E-state index is 12.5. The van der Waals surface area contributed by atoms with Gasteiger partial charge in [-0.3, -0.25) is 9.78 Å². The van der Waals surface area contributed by atoms with Gasteiger partial charge in [0.2, 0.25) is 0 Å². The van der Waals surface area contributed by atoms with Crippen molar-refractivity contribution in [1.82, 2.24) is 20.2 Å². The molecule has 3 aliphatic heterocycles. The van der Waals surface area contributed by atoms with Gasteiger partial charge in [-0.2, -0.15) is 0 Å². The van der Waals surface area contributed by atoms with Crippen LogP contribution in [0.5, 0.6) is 0 Å². The van der Waals surface area contributed by atoms with Crippen LogP contribution in [0.3, 0.4) is 0 Å². The summed E-state index contributed by atoms with van der Waals surface area (Å²) in [5.74, 6) is 0.919. The van der Waals surface area contributed by atoms with Crippen LogP contribution in [0.4, 0.5) is 5.82 Å². The second kappa shape index (κ2) is 6.29. The fraction of sp³-hybridized carbons (Fsp3) is 0.706. The highest BCUT2D eigenvalue weighted by atomic mass is 16.3. The monoisotopic (exact) mass is 331 g/mol. The highest BCUT2D eigenvalue weighted by molar-refractivity contribution is 5.92. The lowest BCUT2D eigenvalue weighted by Crippen LogP contribution is -2.59. The molecule has 2 N–H and O–H groups in total. The first-order chi connectivity index (χ1) is 11.7. The molecule has 3 fully saturated rings. The zero-order valence-corrected chi connectivity index (χ0v) is 13.9. The molecular formula is C17H25N5O2. The lowest BCUT2D eigenvalue weighted by Gasteiger charge is -2.47. The van der Waals surface area contributed by atoms with Crippen molar-refractivity contribution < 1.29 is 9.90 Å². The maximum Gasteiger partial charge on any atom is 0.274 e. The van der Waals surface area contributed by atoms with E-state index in [1.54, 1.807) is 12.4 Å². The normalized spacial score (nSPS) is 30.3. The van der Waals surface area contributed by atoms with Crippen LogP contribution in [-0.2, 0) is 0 Å². The maximum absolute atomic E-state index is 12.5. The van der Waals surface area contributed by atoms with E-state index in [2.05, 4.69) is 20.2 Å². The van der Waals surface area contributed by atoms with E-state index in [1.165, 1.54) is 0 Å². The van der Waals surface area contributed by atoms with Gasteiger partial charge >= 0.3 is 0 Å². The van der Waals surface area contributed by atoms with Crippen molar-refractivity contribution in [3.63, 3.8) is 0 Å². The molecule has 0 aromatic carbocycles. The SMILES string of the molecule is O=C(c1cncc(N2CC[C@@]3(O)CCNC[C@H]3C2)n1)N1CCCC1. The number of amides is 1. The van der Waals surface area contributed by atoms with Gasteiger partial charge in [-0.1, -0.05) is 0 Å². The van der Waals surface area contributed by atoms with E-state index in [-0.39, 0.29) is 11.8 Å². The molecule has 1 aromatic heterocycles. The van der Waals surface area contributed by atoms with Crippen molar-refractivity contribution in [3.8, 4) is 0 Å². The second-order valence-corrected chi connectivity index (χ2v) is 7.21. The van der Waals surface area contributed by atoms with E-state index < -0.39 is 5.60 Å². The molecule has 0 unspecified atom stereocenters. The number of carbonyl (C=O) groups excluding carboxylic acids is 1. The predicted octanol–water partition coefficient (Wildman–Crippen LogP) is 0.263. The fourth-order valence-electron chi connectivity index (χ4n) is 4.13. The largest absolute Gasteiger partial charge is 0.389 e. The number of nitrogens with one attached hydrogen (secondary N) is 1. The first-order valence-electron chi connectivity index (χ1n) is 8.95. The molecule has 7 nitrogen and oxygen atoms in total. The predicted molar refractivity (Wildman–Crippen MR) is 89.9 cm³/mol. The standard InChI is InChI=1S/C17H25N5O2/c23-16(21-6-1-2-7-21)14-10-19-11-15(20-14)22-8-4-17(24)3-5-18-9-13(17)12-22/h10-11,13,18,24H,1-9,12H2/t13-,17-/m0/s1. The topological polar surface area (TPSA) is 81.6 Å². The Labute approximate surface area is 142 Å². The van der Waals surface area contributed by atoms with Crippen LogP contribution in [0.1, 0.15) is 36.2 Å². The number of aliphatic hydroxyl groups is 1. The van der Waals surface area contributed by atoms with Crippen LogP contribution in [0, 0.1) is 5.92 Å². The molecule has 130 valence electrons. The van der Waals surface area contributed by atoms with Gasteiger partial charge in [-0.15, -0.1) is 0 Å². The van der Waals surface area contributed by atoms with E-state index in [1.807, 2.05) is 4.90 Å². The minimum absolute atomic E-state index is 0.0188. The van der Waals surface area contributed by atoms with Crippen molar-refractivity contribution >= 4 is 11.7 Å². The summed E-state index contributed by atoms with van der Waals surface area (Å²) in [5, 5.41) is 14.1. The molecule has 24 heavy (non-hydrogen) atoms. The number of rotatable bonds is 2. The number of piperidine rings is 2. The lowest BCUT2D eigenvalue weighted by molar-refractivity contribution is -0.0539. The summed E-state index contributed by atoms with van der Waals surface area (Å²) in [6, 6.07) is 0. The quantitative estimate of drug-likeness (QED) is 0.809. The van der Waals surface area contributed by atoms with Gasteiger partial charge in [-0.25, -0.2) is 4.98 Å². The van der Waals surface area contributed by atoms with Gasteiger partial charge in [0.15, 0.2) is 0 Å². The van der Waals surface area contributed by atoms with E-state index in [0.29, 0.717) is 5.69 Å². The van der Waals surface area contributed by atoms with Crippen molar-refractivity contribution in [3.05, 3.63) is 18.1 Å². The van der Waals surface area contributed by atoms with Gasteiger partial charge in [-0.05, 0) is 32.2 Å². The number of anilines is 1. The van der Waals surface area contributed by atoms with Gasteiger partial charge in [0, 0.05) is 38.6 Å². The summed E-state index contributed by atoms with van der Waals surface area (Å²) < 4.78 is 0. The number of hydrogen-bond donors (Lipinski definition) is 2. The Morgan fingerprint density at radius 2 is 2.08 bits per heavy atom. The van der Waals surface area contributed by atoms with Crippen LogP contribution in [-0.4, -0.2) is 70.8 Å². The molecular weight excluding hydrogens is 306 g/mol. The average Bonchev–Trinajstić information content (AvgIpc) is 3.15. The summed E-state index contributed by atoms with van der Waals surface area (Å²) in [4.78, 5) is 25.3. The summed E-state index contributed by atoms with van der Waals surface area (Å²) in [6.45, 7) is 4.84. The summed E-state index contributed by atoms with van der Waals surface area (Å²) in [7, 11) is 0. The Morgan fingerprint density at radius 3 is 2.92 bits per heavy atom. The van der Waals surface area contributed by atoms with Crippen LogP contribution >= 0.6 is 0 Å². The van der Waals surface area contributed by atoms with Crippen LogP contribution < -0.4 is 10.2 Å². The smallest absolute Gasteiger partial charge is 0.274 e. The molecule has 3 saturated heterocycles. The molecule has 7 heteroatoms. The molecule has 0 saturated carbocycles. The molecule has 2 atom stereocenters. The number of likely N-dealkylation sites (tertiary alicyclic amines) is 1. The molecule has 0 aliphatic carbocycles. The first kappa shape index (κ1) is 15.8. The molecule has 3 aliphatic rings. The number of nitrogens with zero attached hydrogens (tertiary/aromatic N) is 4. The highest BCUT2D eigenvalue weighted by Gasteiger charge is 2.43. The third-order valence-corrected chi connectivity index (χ3v) is 5.70. The van der Waals surface area contributed by atoms with Crippen LogP contribution in [0.2, 0.25) is 0 Å². The van der Waals surface area contributed by atoms with E-state index in [9.17, 15) is 9.90 Å². The van der Waals surface area contributed by atoms with Crippen LogP contribution in [0.15, 0.2) is 12.4 Å². The Kier molecular flexibility index (Phi) is 4.14. The Balaban J connectivity index is 1.50.